The van der Waals surface area contributed by atoms with E-state index in [1.165, 1.54) is 7.11 Å². The summed E-state index contributed by atoms with van der Waals surface area (Å²) in [5.41, 5.74) is 3.08. The third-order valence-electron chi connectivity index (χ3n) is 4.43. The number of amides is 2. The van der Waals surface area contributed by atoms with E-state index in [1.54, 1.807) is 0 Å². The van der Waals surface area contributed by atoms with Gasteiger partial charge in [-0.15, -0.1) is 0 Å². The number of para-hydroxylation sites is 1. The highest BCUT2D eigenvalue weighted by Gasteiger charge is 2.23. The number of urea groups is 1. The molecule has 0 aliphatic heterocycles. The first-order chi connectivity index (χ1) is 13.2. The van der Waals surface area contributed by atoms with Gasteiger partial charge in [-0.25, -0.2) is 9.59 Å². The Hall–Kier alpha value is -3.28. The average molecular weight is 365 g/mol. The van der Waals surface area contributed by atoms with E-state index in [9.17, 15) is 9.59 Å². The van der Waals surface area contributed by atoms with Crippen molar-refractivity contribution in [3.63, 3.8) is 0 Å². The molecule has 3 aromatic rings. The molecule has 0 fully saturated rings. The van der Waals surface area contributed by atoms with E-state index < -0.39 is 12.0 Å². The molecule has 27 heavy (non-hydrogen) atoms. The zero-order valence-corrected chi connectivity index (χ0v) is 15.2. The molecular formula is C21H23N3O3. The molecule has 0 radical (unpaired) electrons. The Balaban J connectivity index is 1.59. The van der Waals surface area contributed by atoms with E-state index in [2.05, 4.69) is 15.6 Å². The average Bonchev–Trinajstić information content (AvgIpc) is 3.10. The number of benzene rings is 2. The number of hydrogen-bond donors (Lipinski definition) is 3. The normalized spacial score (nSPS) is 11.7. The summed E-state index contributed by atoms with van der Waals surface area (Å²) in [5.74, 6) is -0.474. The molecule has 6 heteroatoms. The van der Waals surface area contributed by atoms with Gasteiger partial charge in [0.05, 0.1) is 7.11 Å². The van der Waals surface area contributed by atoms with Crippen molar-refractivity contribution in [1.82, 2.24) is 15.6 Å². The fourth-order valence-corrected chi connectivity index (χ4v) is 3.03. The van der Waals surface area contributed by atoms with Crippen molar-refractivity contribution >= 4 is 22.9 Å². The largest absolute Gasteiger partial charge is 0.467 e. The van der Waals surface area contributed by atoms with Crippen LogP contribution in [0, 0.1) is 0 Å². The number of ether oxygens (including phenoxy) is 1. The van der Waals surface area contributed by atoms with Crippen molar-refractivity contribution in [2.24, 2.45) is 0 Å². The fourth-order valence-electron chi connectivity index (χ4n) is 3.03. The number of methoxy groups -OCH3 is 1. The number of fused-ring (bicyclic) bond motifs is 1. The van der Waals surface area contributed by atoms with Gasteiger partial charge in [0.2, 0.25) is 0 Å². The number of carbonyl (C=O) groups excluding carboxylic acids is 2. The Kier molecular flexibility index (Phi) is 6.10. The van der Waals surface area contributed by atoms with Gasteiger partial charge in [0.1, 0.15) is 6.04 Å². The number of nitrogens with one attached hydrogen (secondary N) is 3. The number of H-pyrrole nitrogens is 1. The minimum atomic E-state index is -0.758. The van der Waals surface area contributed by atoms with Crippen molar-refractivity contribution in [3.05, 3.63) is 71.9 Å². The summed E-state index contributed by atoms with van der Waals surface area (Å²) in [6.45, 7) is 0.483. The van der Waals surface area contributed by atoms with Crippen LogP contribution in [0.4, 0.5) is 4.79 Å². The second-order valence-electron chi connectivity index (χ2n) is 6.28. The minimum Gasteiger partial charge on any atom is -0.467 e. The maximum absolute atomic E-state index is 12.2. The second kappa shape index (κ2) is 8.89. The van der Waals surface area contributed by atoms with Crippen molar-refractivity contribution in [2.75, 3.05) is 13.7 Å². The summed E-state index contributed by atoms with van der Waals surface area (Å²) in [7, 11) is 1.32. The zero-order valence-electron chi connectivity index (χ0n) is 15.2. The Bertz CT molecular complexity index is 905. The van der Waals surface area contributed by atoms with Gasteiger partial charge in [0.25, 0.3) is 0 Å². The smallest absolute Gasteiger partial charge is 0.328 e. The fraction of sp³-hybridized carbons (Fsp3) is 0.238. The monoisotopic (exact) mass is 365 g/mol. The Morgan fingerprint density at radius 2 is 1.81 bits per heavy atom. The van der Waals surface area contributed by atoms with Gasteiger partial charge in [-0.2, -0.15) is 0 Å². The van der Waals surface area contributed by atoms with Gasteiger partial charge >= 0.3 is 12.0 Å². The molecule has 6 nitrogen and oxygen atoms in total. The van der Waals surface area contributed by atoms with Crippen LogP contribution in [0.1, 0.15) is 11.1 Å². The van der Waals surface area contributed by atoms with Crippen molar-refractivity contribution in [3.8, 4) is 0 Å². The van der Waals surface area contributed by atoms with Crippen LogP contribution in [0.3, 0.4) is 0 Å². The maximum atomic E-state index is 12.2. The quantitative estimate of drug-likeness (QED) is 0.563. The molecule has 0 saturated heterocycles. The molecule has 1 atom stereocenters. The van der Waals surface area contributed by atoms with E-state index in [1.807, 2.05) is 60.8 Å². The number of rotatable bonds is 7. The number of esters is 1. The highest BCUT2D eigenvalue weighted by molar-refractivity contribution is 5.86. The molecule has 2 aromatic carbocycles. The van der Waals surface area contributed by atoms with Crippen LogP contribution in [0.2, 0.25) is 0 Å². The molecule has 1 aromatic heterocycles. The lowest BCUT2D eigenvalue weighted by atomic mass is 10.1. The second-order valence-corrected chi connectivity index (χ2v) is 6.28. The van der Waals surface area contributed by atoms with Gasteiger partial charge in [-0.1, -0.05) is 48.5 Å². The highest BCUT2D eigenvalue weighted by atomic mass is 16.5. The Morgan fingerprint density at radius 3 is 2.59 bits per heavy atom. The molecule has 0 aliphatic carbocycles. The van der Waals surface area contributed by atoms with E-state index in [4.69, 9.17) is 4.74 Å². The first-order valence-electron chi connectivity index (χ1n) is 8.88. The number of aromatic nitrogens is 1. The van der Waals surface area contributed by atoms with Crippen molar-refractivity contribution < 1.29 is 14.3 Å². The van der Waals surface area contributed by atoms with Gasteiger partial charge in [0.15, 0.2) is 0 Å². The summed E-state index contributed by atoms with van der Waals surface area (Å²) in [6, 6.07) is 16.6. The van der Waals surface area contributed by atoms with Crippen LogP contribution in [0.25, 0.3) is 10.9 Å². The third kappa shape index (κ3) is 4.88. The van der Waals surface area contributed by atoms with Crippen molar-refractivity contribution in [2.45, 2.75) is 18.9 Å². The molecule has 2 amide bonds. The van der Waals surface area contributed by atoms with Crippen LogP contribution in [0.5, 0.6) is 0 Å². The summed E-state index contributed by atoms with van der Waals surface area (Å²) in [6.07, 6.45) is 2.93. The van der Waals surface area contributed by atoms with Gasteiger partial charge < -0.3 is 20.4 Å². The van der Waals surface area contributed by atoms with E-state index in [-0.39, 0.29) is 6.03 Å². The molecule has 1 heterocycles. The Labute approximate surface area is 157 Å². The number of carbonyl (C=O) groups is 2. The summed E-state index contributed by atoms with van der Waals surface area (Å²) >= 11 is 0. The third-order valence-corrected chi connectivity index (χ3v) is 4.43. The molecule has 0 aliphatic rings. The van der Waals surface area contributed by atoms with Crippen LogP contribution < -0.4 is 10.6 Å². The molecule has 3 N–H and O–H groups in total. The topological polar surface area (TPSA) is 83.2 Å². The lowest BCUT2D eigenvalue weighted by Gasteiger charge is -2.17. The summed E-state index contributed by atoms with van der Waals surface area (Å²) in [5, 5.41) is 6.54. The lowest BCUT2D eigenvalue weighted by Crippen LogP contribution is -2.48. The summed E-state index contributed by atoms with van der Waals surface area (Å²) < 4.78 is 4.86. The number of hydrogen-bond acceptors (Lipinski definition) is 3. The van der Waals surface area contributed by atoms with Crippen LogP contribution in [-0.4, -0.2) is 36.7 Å². The van der Waals surface area contributed by atoms with Gasteiger partial charge in [-0.3, -0.25) is 0 Å². The van der Waals surface area contributed by atoms with Crippen LogP contribution >= 0.6 is 0 Å². The molecule has 1 unspecified atom stereocenters. The molecule has 0 spiro atoms. The zero-order chi connectivity index (χ0) is 19.1. The predicted octanol–water partition coefficient (Wildman–Crippen LogP) is 2.79. The highest BCUT2D eigenvalue weighted by Crippen LogP contribution is 2.19. The van der Waals surface area contributed by atoms with E-state index in [0.717, 1.165) is 28.5 Å². The maximum Gasteiger partial charge on any atom is 0.328 e. The van der Waals surface area contributed by atoms with Crippen LogP contribution in [-0.2, 0) is 22.4 Å². The Morgan fingerprint density at radius 1 is 1.07 bits per heavy atom. The standard InChI is InChI=1S/C21H23N3O3/c1-27-20(25)19(13-16-14-23-18-10-6-5-9-17(16)18)24-21(26)22-12-11-15-7-3-2-4-8-15/h2-10,14,19,23H,11-13H2,1H3,(H2,22,24,26). The number of aromatic amines is 1. The molecule has 0 bridgehead atoms. The van der Waals surface area contributed by atoms with Crippen LogP contribution in [0.15, 0.2) is 60.8 Å². The first-order valence-corrected chi connectivity index (χ1v) is 8.88. The SMILES string of the molecule is COC(=O)C(Cc1c[nH]c2ccccc12)NC(=O)NCCc1ccccc1. The van der Waals surface area contributed by atoms with Crippen molar-refractivity contribution in [1.29, 1.82) is 0 Å². The molecule has 140 valence electrons. The van der Waals surface area contributed by atoms with E-state index in [0.29, 0.717) is 13.0 Å². The van der Waals surface area contributed by atoms with Gasteiger partial charge in [-0.05, 0) is 23.6 Å². The van der Waals surface area contributed by atoms with E-state index >= 15 is 0 Å². The predicted molar refractivity (Wildman–Crippen MR) is 104 cm³/mol. The van der Waals surface area contributed by atoms with Gasteiger partial charge in [0, 0.05) is 30.1 Å². The first kappa shape index (κ1) is 18.5. The molecule has 0 saturated carbocycles. The molecule has 3 rings (SSSR count). The summed E-state index contributed by atoms with van der Waals surface area (Å²) in [4.78, 5) is 27.5. The molecular weight excluding hydrogens is 342 g/mol. The minimum absolute atomic E-state index is 0.350. The lowest BCUT2D eigenvalue weighted by molar-refractivity contribution is -0.142.